The molecule has 0 spiro atoms. The first-order chi connectivity index (χ1) is 25.9. The summed E-state index contributed by atoms with van der Waals surface area (Å²) in [7, 11) is -1.45. The largest absolute Gasteiger partial charge is 0.436 e. The van der Waals surface area contributed by atoms with Crippen LogP contribution in [0.5, 0.6) is 0 Å². The molecule has 5 heterocycles. The first kappa shape index (κ1) is 37.9. The van der Waals surface area contributed by atoms with Gasteiger partial charge in [0.25, 0.3) is 11.5 Å². The Bertz CT molecular complexity index is 2060. The number of pyridine rings is 1. The molecule has 0 bridgehead atoms. The number of hydrogen-bond acceptors (Lipinski definition) is 7. The highest BCUT2D eigenvalue weighted by Gasteiger charge is 2.37. The SMILES string of the molecule is Cc1cc(C[C@@H](OC(=O)N2CCC(N3CCc4ccccc4NC3=O)CC2)C(=O)N2CCC(C3CCN(S(C)(=O)=O)CC3)CC2)cc2ccc(=O)n(C)c12. The average molecular weight is 761 g/mol. The van der Waals surface area contributed by atoms with Crippen LogP contribution < -0.4 is 10.9 Å². The van der Waals surface area contributed by atoms with E-state index in [0.717, 1.165) is 65.4 Å². The van der Waals surface area contributed by atoms with E-state index in [2.05, 4.69) is 5.32 Å². The number of carbonyl (C=O) groups excluding carboxylic acids is 3. The second-order valence-corrected chi connectivity index (χ2v) is 17.6. The molecule has 2 aromatic carbocycles. The van der Waals surface area contributed by atoms with E-state index < -0.39 is 22.2 Å². The number of ether oxygens (including phenoxy) is 1. The Morgan fingerprint density at radius 2 is 1.50 bits per heavy atom. The van der Waals surface area contributed by atoms with Gasteiger partial charge in [0.15, 0.2) is 6.10 Å². The number of urea groups is 1. The summed E-state index contributed by atoms with van der Waals surface area (Å²) in [5.74, 6) is 0.611. The monoisotopic (exact) mass is 760 g/mol. The van der Waals surface area contributed by atoms with E-state index in [1.165, 1.54) is 12.3 Å². The van der Waals surface area contributed by atoms with Crippen LogP contribution in [0.3, 0.4) is 0 Å². The number of aromatic nitrogens is 1. The summed E-state index contributed by atoms with van der Waals surface area (Å²) >= 11 is 0. The summed E-state index contributed by atoms with van der Waals surface area (Å²) in [4.78, 5) is 59.0. The maximum atomic E-state index is 14.3. The molecule has 1 N–H and O–H groups in total. The smallest absolute Gasteiger partial charge is 0.410 e. The molecule has 7 rings (SSSR count). The Morgan fingerprint density at radius 1 is 0.852 bits per heavy atom. The number of amides is 4. The number of sulfonamides is 1. The van der Waals surface area contributed by atoms with Crippen molar-refractivity contribution >= 4 is 44.6 Å². The minimum Gasteiger partial charge on any atom is -0.436 e. The van der Waals surface area contributed by atoms with Crippen molar-refractivity contribution in [1.29, 1.82) is 0 Å². The summed E-state index contributed by atoms with van der Waals surface area (Å²) in [5.41, 5.74) is 4.40. The predicted octanol–water partition coefficient (Wildman–Crippen LogP) is 4.36. The Hall–Kier alpha value is -4.43. The van der Waals surface area contributed by atoms with Crippen molar-refractivity contribution in [2.24, 2.45) is 18.9 Å². The lowest BCUT2D eigenvalue weighted by Gasteiger charge is -2.40. The van der Waals surface area contributed by atoms with Crippen LogP contribution in [0.25, 0.3) is 10.9 Å². The third kappa shape index (κ3) is 8.14. The number of piperidine rings is 3. The van der Waals surface area contributed by atoms with Crippen LogP contribution in [0, 0.1) is 18.8 Å². The standard InChI is InChI=1S/C40H52N6O7S/c1-27-24-28(25-32-8-9-36(47)42(2)37(27)32)26-35(38(48)43-17-10-29(11-18-43)30-12-21-45(22-13-30)54(3,51)52)53-40(50)44-19-15-33(16-20-44)46-23-14-31-6-4-5-7-34(31)41-39(46)49/h4-9,24-25,29-30,33,35H,10-23,26H2,1-3H3,(H,41,49)/t35-/m1/s1. The fraction of sp³-hybridized carbons (Fsp3) is 0.550. The van der Waals surface area contributed by atoms with Gasteiger partial charge in [0, 0.05) is 77.1 Å². The number of carbonyl (C=O) groups is 3. The van der Waals surface area contributed by atoms with Gasteiger partial charge in [-0.05, 0) is 104 Å². The van der Waals surface area contributed by atoms with E-state index in [1.54, 1.807) is 26.9 Å². The van der Waals surface area contributed by atoms with Crippen molar-refractivity contribution in [1.82, 2.24) is 23.6 Å². The van der Waals surface area contributed by atoms with Gasteiger partial charge in [-0.2, -0.15) is 0 Å². The number of nitrogens with one attached hydrogen (secondary N) is 1. The van der Waals surface area contributed by atoms with Gasteiger partial charge < -0.3 is 29.3 Å². The molecule has 13 nitrogen and oxygen atoms in total. The highest BCUT2D eigenvalue weighted by molar-refractivity contribution is 7.88. The molecule has 1 atom stereocenters. The lowest BCUT2D eigenvalue weighted by Crippen LogP contribution is -2.52. The molecule has 54 heavy (non-hydrogen) atoms. The number of aryl methyl sites for hydroxylation is 2. The highest BCUT2D eigenvalue weighted by atomic mass is 32.2. The van der Waals surface area contributed by atoms with Gasteiger partial charge in [0.2, 0.25) is 10.0 Å². The molecule has 3 fully saturated rings. The van der Waals surface area contributed by atoms with Crippen LogP contribution in [0.2, 0.25) is 0 Å². The molecule has 0 radical (unpaired) electrons. The van der Waals surface area contributed by atoms with Crippen LogP contribution in [-0.2, 0) is 39.4 Å². The van der Waals surface area contributed by atoms with Gasteiger partial charge >= 0.3 is 12.1 Å². The molecule has 4 amide bonds. The second kappa shape index (κ2) is 15.7. The van der Waals surface area contributed by atoms with Gasteiger partial charge in [0.1, 0.15) is 0 Å². The minimum atomic E-state index is -3.19. The van der Waals surface area contributed by atoms with Crippen molar-refractivity contribution in [3.05, 3.63) is 75.6 Å². The number of anilines is 1. The molecule has 4 aliphatic heterocycles. The third-order valence-electron chi connectivity index (χ3n) is 12.2. The molecule has 3 saturated heterocycles. The molecule has 0 saturated carbocycles. The van der Waals surface area contributed by atoms with Crippen molar-refractivity contribution in [2.75, 3.05) is 57.4 Å². The summed E-state index contributed by atoms with van der Waals surface area (Å²) in [6.07, 6.45) is 5.15. The number of fused-ring (bicyclic) bond motifs is 2. The van der Waals surface area contributed by atoms with E-state index in [0.29, 0.717) is 70.5 Å². The van der Waals surface area contributed by atoms with Crippen LogP contribution in [-0.4, -0.2) is 114 Å². The molecular formula is C40H52N6O7S. The van der Waals surface area contributed by atoms with Gasteiger partial charge in [-0.1, -0.05) is 24.3 Å². The predicted molar refractivity (Wildman–Crippen MR) is 207 cm³/mol. The first-order valence-electron chi connectivity index (χ1n) is 19.3. The van der Waals surface area contributed by atoms with Crippen LogP contribution in [0.1, 0.15) is 55.2 Å². The molecule has 0 unspecified atom stereocenters. The first-order valence-corrected chi connectivity index (χ1v) is 21.1. The van der Waals surface area contributed by atoms with Gasteiger partial charge in [-0.15, -0.1) is 0 Å². The third-order valence-corrected chi connectivity index (χ3v) is 13.5. The average Bonchev–Trinajstić information content (AvgIpc) is 3.33. The van der Waals surface area contributed by atoms with E-state index in [-0.39, 0.29) is 30.0 Å². The van der Waals surface area contributed by atoms with Gasteiger partial charge in [0.05, 0.1) is 11.8 Å². The zero-order valence-electron chi connectivity index (χ0n) is 31.5. The van der Waals surface area contributed by atoms with Crippen molar-refractivity contribution < 1.29 is 27.5 Å². The van der Waals surface area contributed by atoms with Crippen molar-refractivity contribution in [3.63, 3.8) is 0 Å². The molecule has 4 aliphatic rings. The molecule has 1 aromatic heterocycles. The Balaban J connectivity index is 1.02. The molecule has 0 aliphatic carbocycles. The highest BCUT2D eigenvalue weighted by Crippen LogP contribution is 2.34. The lowest BCUT2D eigenvalue weighted by atomic mass is 9.79. The normalized spacial score (nSPS) is 20.4. The van der Waals surface area contributed by atoms with Gasteiger partial charge in [-0.3, -0.25) is 9.59 Å². The number of nitrogens with zero attached hydrogens (tertiary/aromatic N) is 5. The zero-order chi connectivity index (χ0) is 38.1. The fourth-order valence-electron chi connectivity index (χ4n) is 9.13. The summed E-state index contributed by atoms with van der Waals surface area (Å²) < 4.78 is 33.4. The Morgan fingerprint density at radius 3 is 2.19 bits per heavy atom. The molecule has 3 aromatic rings. The Kier molecular flexibility index (Phi) is 11.0. The maximum absolute atomic E-state index is 14.3. The van der Waals surface area contributed by atoms with E-state index in [1.807, 2.05) is 53.1 Å². The van der Waals surface area contributed by atoms with E-state index >= 15 is 0 Å². The minimum absolute atomic E-state index is 0.0164. The Labute approximate surface area is 317 Å². The number of para-hydroxylation sites is 1. The topological polar surface area (TPSA) is 142 Å². The van der Waals surface area contributed by atoms with Crippen LogP contribution in [0.15, 0.2) is 53.3 Å². The molecule has 290 valence electrons. The number of rotatable bonds is 7. The number of hydrogen-bond donors (Lipinski definition) is 1. The molecule has 14 heteroatoms. The van der Waals surface area contributed by atoms with Crippen molar-refractivity contribution in [3.8, 4) is 0 Å². The van der Waals surface area contributed by atoms with E-state index in [4.69, 9.17) is 4.74 Å². The van der Waals surface area contributed by atoms with E-state index in [9.17, 15) is 27.6 Å². The lowest BCUT2D eigenvalue weighted by molar-refractivity contribution is -0.142. The number of benzene rings is 2. The van der Waals surface area contributed by atoms with Gasteiger partial charge in [-0.25, -0.2) is 22.3 Å². The summed E-state index contributed by atoms with van der Waals surface area (Å²) in [6, 6.07) is 14.9. The van der Waals surface area contributed by atoms with Crippen LogP contribution in [0.4, 0.5) is 15.3 Å². The molecular weight excluding hydrogens is 709 g/mol. The zero-order valence-corrected chi connectivity index (χ0v) is 32.4. The number of likely N-dealkylation sites (tertiary alicyclic amines) is 2. The second-order valence-electron chi connectivity index (χ2n) is 15.6. The van der Waals surface area contributed by atoms with Crippen molar-refractivity contribution in [2.45, 2.75) is 70.4 Å². The van der Waals surface area contributed by atoms with Crippen LogP contribution >= 0.6 is 0 Å². The summed E-state index contributed by atoms with van der Waals surface area (Å²) in [6.45, 7) is 5.54. The quantitative estimate of drug-likeness (QED) is 0.378. The maximum Gasteiger partial charge on any atom is 0.410 e. The fourth-order valence-corrected chi connectivity index (χ4v) is 10.0. The summed E-state index contributed by atoms with van der Waals surface area (Å²) in [5, 5.41) is 3.92.